The van der Waals surface area contributed by atoms with Gasteiger partial charge in [0.05, 0.1) is 17.2 Å². The van der Waals surface area contributed by atoms with Crippen LogP contribution in [0, 0.1) is 6.92 Å². The van der Waals surface area contributed by atoms with Crippen LogP contribution >= 0.6 is 23.4 Å². The Morgan fingerprint density at radius 2 is 2.17 bits per heavy atom. The summed E-state index contributed by atoms with van der Waals surface area (Å²) < 4.78 is 5.52. The van der Waals surface area contributed by atoms with Gasteiger partial charge in [-0.2, -0.15) is 0 Å². The first-order valence-corrected chi connectivity index (χ1v) is 10.3. The molecule has 0 radical (unpaired) electrons. The zero-order valence-corrected chi connectivity index (χ0v) is 17.7. The maximum Gasteiger partial charge on any atom is 0.264 e. The molecule has 0 aromatic heterocycles. The number of aliphatic imine (C=N–C) groups is 1. The van der Waals surface area contributed by atoms with Crippen molar-refractivity contribution in [1.82, 2.24) is 5.32 Å². The lowest BCUT2D eigenvalue weighted by molar-refractivity contribution is -0.115. The highest BCUT2D eigenvalue weighted by Gasteiger charge is 2.24. The number of amides is 1. The number of allylic oxidation sites excluding steroid dienone is 1. The zero-order chi connectivity index (χ0) is 21.0. The summed E-state index contributed by atoms with van der Waals surface area (Å²) in [5.74, 6) is 0.242. The van der Waals surface area contributed by atoms with Crippen molar-refractivity contribution < 1.29 is 14.6 Å². The van der Waals surface area contributed by atoms with E-state index in [1.165, 1.54) is 11.8 Å². The van der Waals surface area contributed by atoms with Crippen LogP contribution in [0.5, 0.6) is 11.5 Å². The average Bonchev–Trinajstić information content (AvgIpc) is 3.02. The first kappa shape index (κ1) is 21.0. The maximum atomic E-state index is 12.4. The van der Waals surface area contributed by atoms with Crippen molar-refractivity contribution >= 4 is 46.2 Å². The third-order valence-corrected chi connectivity index (χ3v) is 5.57. The van der Waals surface area contributed by atoms with Crippen LogP contribution in [0.15, 0.2) is 52.9 Å². The van der Waals surface area contributed by atoms with Crippen LogP contribution in [-0.4, -0.2) is 22.8 Å². The third-order valence-electron chi connectivity index (χ3n) is 4.25. The molecule has 1 saturated heterocycles. The number of amidine groups is 1. The Morgan fingerprint density at radius 1 is 1.38 bits per heavy atom. The van der Waals surface area contributed by atoms with Gasteiger partial charge in [-0.05, 0) is 73.5 Å². The molecule has 0 bridgehead atoms. The number of rotatable bonds is 6. The van der Waals surface area contributed by atoms with Crippen LogP contribution < -0.4 is 10.1 Å². The molecule has 0 spiro atoms. The Morgan fingerprint density at radius 3 is 2.90 bits per heavy atom. The van der Waals surface area contributed by atoms with E-state index in [0.29, 0.717) is 45.1 Å². The highest BCUT2D eigenvalue weighted by atomic mass is 35.5. The monoisotopic (exact) mass is 428 g/mol. The topological polar surface area (TPSA) is 70.9 Å². The molecule has 1 fully saturated rings. The van der Waals surface area contributed by atoms with Crippen LogP contribution in [-0.2, 0) is 11.2 Å². The van der Waals surface area contributed by atoms with Crippen LogP contribution in [0.4, 0.5) is 5.69 Å². The van der Waals surface area contributed by atoms with E-state index in [9.17, 15) is 9.90 Å². The van der Waals surface area contributed by atoms with E-state index in [1.54, 1.807) is 24.3 Å². The van der Waals surface area contributed by atoms with Gasteiger partial charge in [-0.25, -0.2) is 4.99 Å². The van der Waals surface area contributed by atoms with E-state index < -0.39 is 0 Å². The lowest BCUT2D eigenvalue weighted by Crippen LogP contribution is -2.19. The van der Waals surface area contributed by atoms with Gasteiger partial charge in [-0.3, -0.25) is 4.79 Å². The third kappa shape index (κ3) is 4.83. The van der Waals surface area contributed by atoms with Gasteiger partial charge in [0.25, 0.3) is 5.91 Å². The Balaban J connectivity index is 1.93. The van der Waals surface area contributed by atoms with E-state index in [2.05, 4.69) is 16.9 Å². The number of hydrogen-bond acceptors (Lipinski definition) is 5. The molecule has 0 unspecified atom stereocenters. The van der Waals surface area contributed by atoms with Gasteiger partial charge in [-0.15, -0.1) is 6.58 Å². The predicted octanol–water partition coefficient (Wildman–Crippen LogP) is 5.37. The second-order valence-corrected chi connectivity index (χ2v) is 7.76. The van der Waals surface area contributed by atoms with Gasteiger partial charge >= 0.3 is 0 Å². The Bertz CT molecular complexity index is 1030. The molecular weight excluding hydrogens is 408 g/mol. The number of nitrogens with zero attached hydrogens (tertiary/aromatic N) is 1. The summed E-state index contributed by atoms with van der Waals surface area (Å²) in [7, 11) is 0. The second kappa shape index (κ2) is 9.20. The summed E-state index contributed by atoms with van der Waals surface area (Å²) in [6, 6.07) is 8.99. The van der Waals surface area contributed by atoms with E-state index in [-0.39, 0.29) is 11.7 Å². The fraction of sp³-hybridized carbons (Fsp3) is 0.182. The predicted molar refractivity (Wildman–Crippen MR) is 120 cm³/mol. The van der Waals surface area contributed by atoms with Gasteiger partial charge in [0, 0.05) is 10.6 Å². The minimum Gasteiger partial charge on any atom is -0.504 e. The molecule has 29 heavy (non-hydrogen) atoms. The van der Waals surface area contributed by atoms with E-state index in [0.717, 1.165) is 11.1 Å². The lowest BCUT2D eigenvalue weighted by atomic mass is 10.1. The minimum absolute atomic E-state index is 0.0936. The first-order chi connectivity index (χ1) is 13.9. The molecule has 0 saturated carbocycles. The van der Waals surface area contributed by atoms with Crippen molar-refractivity contribution in [2.75, 3.05) is 6.61 Å². The van der Waals surface area contributed by atoms with E-state index in [1.807, 2.05) is 32.0 Å². The van der Waals surface area contributed by atoms with Crippen molar-refractivity contribution in [3.05, 3.63) is 69.6 Å². The molecule has 1 heterocycles. The maximum absolute atomic E-state index is 12.4. The number of aromatic hydroxyl groups is 1. The van der Waals surface area contributed by atoms with Crippen LogP contribution in [0.1, 0.15) is 23.6 Å². The zero-order valence-electron chi connectivity index (χ0n) is 16.2. The number of thioether (sulfide) groups is 1. The molecule has 2 aromatic rings. The molecule has 2 N–H and O–H groups in total. The van der Waals surface area contributed by atoms with Gasteiger partial charge in [0.1, 0.15) is 0 Å². The van der Waals surface area contributed by atoms with Crippen LogP contribution in [0.25, 0.3) is 6.08 Å². The Labute approximate surface area is 179 Å². The smallest absolute Gasteiger partial charge is 0.264 e. The number of phenols is 1. The minimum atomic E-state index is -0.232. The number of phenolic OH excluding ortho intramolecular Hbond substituents is 1. The SMILES string of the molecule is C=CCc1cc(/C=C2\SC(=Nc3cccc(Cl)c3C)NC2=O)cc(OCC)c1O. The normalized spacial score (nSPS) is 16.3. The fourth-order valence-corrected chi connectivity index (χ4v) is 3.81. The van der Waals surface area contributed by atoms with E-state index in [4.69, 9.17) is 16.3 Å². The quantitative estimate of drug-likeness (QED) is 0.479. The van der Waals surface area contributed by atoms with Gasteiger partial charge in [-0.1, -0.05) is 23.7 Å². The summed E-state index contributed by atoms with van der Waals surface area (Å²) in [6.45, 7) is 7.87. The number of carbonyl (C=O) groups excluding carboxylic acids is 1. The van der Waals surface area contributed by atoms with Crippen molar-refractivity contribution in [3.63, 3.8) is 0 Å². The summed E-state index contributed by atoms with van der Waals surface area (Å²) in [5.41, 5.74) is 2.99. The molecule has 3 rings (SSSR count). The number of ether oxygens (including phenoxy) is 1. The molecule has 150 valence electrons. The second-order valence-electron chi connectivity index (χ2n) is 6.32. The highest BCUT2D eigenvalue weighted by Crippen LogP contribution is 2.35. The number of nitrogens with one attached hydrogen (secondary N) is 1. The summed E-state index contributed by atoms with van der Waals surface area (Å²) in [4.78, 5) is 17.4. The number of carbonyl (C=O) groups is 1. The van der Waals surface area contributed by atoms with Crippen molar-refractivity contribution in [2.45, 2.75) is 20.3 Å². The first-order valence-electron chi connectivity index (χ1n) is 9.07. The molecule has 1 amide bonds. The van der Waals surface area contributed by atoms with Crippen molar-refractivity contribution in [1.29, 1.82) is 0 Å². The van der Waals surface area contributed by atoms with Gasteiger partial charge in [0.2, 0.25) is 0 Å². The highest BCUT2D eigenvalue weighted by molar-refractivity contribution is 8.18. The number of hydrogen-bond donors (Lipinski definition) is 2. The van der Waals surface area contributed by atoms with E-state index >= 15 is 0 Å². The fourth-order valence-electron chi connectivity index (χ4n) is 2.81. The number of benzene rings is 2. The Hall–Kier alpha value is -2.70. The summed E-state index contributed by atoms with van der Waals surface area (Å²) >= 11 is 7.39. The largest absolute Gasteiger partial charge is 0.504 e. The molecule has 0 aliphatic carbocycles. The van der Waals surface area contributed by atoms with Crippen LogP contribution in [0.3, 0.4) is 0 Å². The van der Waals surface area contributed by atoms with Crippen molar-refractivity contribution in [3.8, 4) is 11.5 Å². The molecular formula is C22H21ClN2O3S. The van der Waals surface area contributed by atoms with Gasteiger partial charge in [0.15, 0.2) is 16.7 Å². The Kier molecular flexibility index (Phi) is 6.67. The molecule has 1 aliphatic heterocycles. The summed E-state index contributed by atoms with van der Waals surface area (Å²) in [6.07, 6.45) is 3.95. The molecule has 2 aromatic carbocycles. The van der Waals surface area contributed by atoms with Gasteiger partial charge < -0.3 is 15.2 Å². The van der Waals surface area contributed by atoms with Crippen molar-refractivity contribution in [2.24, 2.45) is 4.99 Å². The molecule has 1 aliphatic rings. The lowest BCUT2D eigenvalue weighted by Gasteiger charge is -2.11. The summed E-state index contributed by atoms with van der Waals surface area (Å²) in [5, 5.41) is 14.2. The standard InChI is InChI=1S/C22H21ClN2O3S/c1-4-7-15-10-14(11-18(20(15)26)28-5-2)12-19-21(27)25-22(29-19)24-17-9-6-8-16(23)13(17)3/h4,6,8-12,26H,1,5,7H2,2-3H3,(H,24,25,27)/b19-12-. The molecule has 0 atom stereocenters. The number of halogens is 1. The average molecular weight is 429 g/mol. The molecule has 5 nitrogen and oxygen atoms in total. The van der Waals surface area contributed by atoms with Crippen LogP contribution in [0.2, 0.25) is 5.02 Å². The molecule has 7 heteroatoms.